The zero-order valence-corrected chi connectivity index (χ0v) is 21.1. The van der Waals surface area contributed by atoms with Crippen LogP contribution in [-0.2, 0) is 11.3 Å². The molecule has 33 heavy (non-hydrogen) atoms. The Kier molecular flexibility index (Phi) is 7.42. The number of para-hydroxylation sites is 1. The third kappa shape index (κ3) is 5.11. The van der Waals surface area contributed by atoms with Crippen molar-refractivity contribution in [3.63, 3.8) is 0 Å². The van der Waals surface area contributed by atoms with E-state index in [1.54, 1.807) is 6.92 Å². The molecule has 2 bridgehead atoms. The molecule has 180 valence electrons. The molecule has 3 atom stereocenters. The van der Waals surface area contributed by atoms with Gasteiger partial charge in [0.1, 0.15) is 5.82 Å². The average molecular weight is 452 g/mol. The molecule has 3 heterocycles. The van der Waals surface area contributed by atoms with Gasteiger partial charge in [-0.25, -0.2) is 4.98 Å². The lowest BCUT2D eigenvalue weighted by molar-refractivity contribution is -0.129. The van der Waals surface area contributed by atoms with Crippen molar-refractivity contribution in [3.05, 3.63) is 47.5 Å². The van der Waals surface area contributed by atoms with Crippen LogP contribution in [0.25, 0.3) is 0 Å². The second kappa shape index (κ2) is 10.3. The first-order chi connectivity index (χ1) is 15.9. The molecule has 3 aliphatic rings. The van der Waals surface area contributed by atoms with E-state index in [0.717, 1.165) is 31.0 Å². The van der Waals surface area contributed by atoms with E-state index in [-0.39, 0.29) is 5.91 Å². The summed E-state index contributed by atoms with van der Waals surface area (Å²) >= 11 is 0. The summed E-state index contributed by atoms with van der Waals surface area (Å²) in [7, 11) is 2.19. The van der Waals surface area contributed by atoms with Gasteiger partial charge in [-0.15, -0.1) is 0 Å². The van der Waals surface area contributed by atoms with Crippen molar-refractivity contribution in [2.45, 2.75) is 84.5 Å². The number of carbonyl (C=O) groups is 1. The largest absolute Gasteiger partial charge is 0.375 e. The summed E-state index contributed by atoms with van der Waals surface area (Å²) in [6.07, 6.45) is 5.96. The second-order valence-electron chi connectivity index (χ2n) is 10.0. The molecule has 6 nitrogen and oxygen atoms in total. The zero-order chi connectivity index (χ0) is 23.5. The van der Waals surface area contributed by atoms with Gasteiger partial charge in [0.25, 0.3) is 0 Å². The highest BCUT2D eigenvalue weighted by Crippen LogP contribution is 2.44. The third-order valence-corrected chi connectivity index (χ3v) is 7.75. The molecule has 2 aromatic rings. The fourth-order valence-electron chi connectivity index (χ4n) is 6.01. The van der Waals surface area contributed by atoms with E-state index in [9.17, 15) is 4.79 Å². The highest BCUT2D eigenvalue weighted by atomic mass is 16.2. The Morgan fingerprint density at radius 2 is 1.73 bits per heavy atom. The number of benzene rings is 1. The molecule has 1 aromatic carbocycles. The topological polar surface area (TPSA) is 44.6 Å². The summed E-state index contributed by atoms with van der Waals surface area (Å²) in [6, 6.07) is 12.6. The first-order valence-electron chi connectivity index (χ1n) is 12.7. The summed E-state index contributed by atoms with van der Waals surface area (Å²) in [4.78, 5) is 23.9. The van der Waals surface area contributed by atoms with Crippen LogP contribution in [0.3, 0.4) is 0 Å². The molecule has 1 aliphatic carbocycles. The van der Waals surface area contributed by atoms with Gasteiger partial charge in [-0.1, -0.05) is 25.1 Å². The van der Waals surface area contributed by atoms with Crippen LogP contribution in [0.4, 0.5) is 5.69 Å². The number of fused-ring (bicyclic) bond motifs is 2. The first kappa shape index (κ1) is 23.8. The average Bonchev–Trinajstić information content (AvgIpc) is 3.09. The van der Waals surface area contributed by atoms with Crippen molar-refractivity contribution < 1.29 is 4.79 Å². The van der Waals surface area contributed by atoms with Crippen LogP contribution in [0, 0.1) is 13.8 Å². The number of anilines is 1. The minimum atomic E-state index is 0.135. The van der Waals surface area contributed by atoms with E-state index in [1.807, 2.05) is 4.90 Å². The van der Waals surface area contributed by atoms with Crippen molar-refractivity contribution in [3.8, 4) is 0 Å². The fourth-order valence-corrected chi connectivity index (χ4v) is 6.01. The lowest BCUT2D eigenvalue weighted by Crippen LogP contribution is -2.61. The zero-order valence-electron chi connectivity index (χ0n) is 21.1. The predicted molar refractivity (Wildman–Crippen MR) is 135 cm³/mol. The number of carbonyl (C=O) groups excluding carboxylic acids is 1. The number of hydrogen-bond acceptors (Lipinski definition) is 4. The van der Waals surface area contributed by atoms with Crippen molar-refractivity contribution in [1.29, 1.82) is 0 Å². The van der Waals surface area contributed by atoms with Crippen LogP contribution in [0.1, 0.15) is 69.2 Å². The van der Waals surface area contributed by atoms with Crippen LogP contribution < -0.4 is 4.90 Å². The normalized spacial score (nSPS) is 22.2. The Morgan fingerprint density at radius 3 is 2.36 bits per heavy atom. The standard InChI is InChI=1S/C27H41N5O/c1-6-13-30(22(4)33)19-27-20(2)32(21(3)28-27)26-17-24-16-25(18-26)31(24)15-10-14-29(5)23-11-8-7-9-12-23/h7-9,11-12,24-26H,6,10,13-19H2,1-5H3/t24-,25+,26?. The Labute approximate surface area is 199 Å². The van der Waals surface area contributed by atoms with E-state index >= 15 is 0 Å². The van der Waals surface area contributed by atoms with Crippen molar-refractivity contribution >= 4 is 11.6 Å². The molecule has 5 rings (SSSR count). The van der Waals surface area contributed by atoms with Gasteiger partial charge >= 0.3 is 0 Å². The van der Waals surface area contributed by atoms with E-state index in [1.165, 1.54) is 43.6 Å². The summed E-state index contributed by atoms with van der Waals surface area (Å²) in [5, 5.41) is 0. The van der Waals surface area contributed by atoms with Gasteiger partial charge in [-0.3, -0.25) is 9.69 Å². The summed E-state index contributed by atoms with van der Waals surface area (Å²) in [6.45, 7) is 11.8. The lowest BCUT2D eigenvalue weighted by atomic mass is 9.76. The smallest absolute Gasteiger partial charge is 0.219 e. The Morgan fingerprint density at radius 1 is 1.06 bits per heavy atom. The maximum absolute atomic E-state index is 12.0. The molecule has 3 fully saturated rings. The third-order valence-electron chi connectivity index (χ3n) is 7.75. The molecule has 6 heteroatoms. The van der Waals surface area contributed by atoms with Crippen molar-refractivity contribution in [2.75, 3.05) is 31.6 Å². The Balaban J connectivity index is 1.32. The van der Waals surface area contributed by atoms with Gasteiger partial charge in [-0.2, -0.15) is 0 Å². The summed E-state index contributed by atoms with van der Waals surface area (Å²) in [5.41, 5.74) is 3.61. The first-order valence-corrected chi connectivity index (χ1v) is 12.7. The summed E-state index contributed by atoms with van der Waals surface area (Å²) in [5.74, 6) is 1.24. The highest BCUT2D eigenvalue weighted by molar-refractivity contribution is 5.73. The Bertz CT molecular complexity index is 927. The predicted octanol–water partition coefficient (Wildman–Crippen LogP) is 4.56. The van der Waals surface area contributed by atoms with E-state index in [2.05, 4.69) is 72.5 Å². The van der Waals surface area contributed by atoms with Crippen LogP contribution in [0.5, 0.6) is 0 Å². The minimum absolute atomic E-state index is 0.135. The number of aromatic nitrogens is 2. The number of amides is 1. The molecule has 2 aliphatic heterocycles. The molecule has 0 radical (unpaired) electrons. The van der Waals surface area contributed by atoms with Crippen LogP contribution in [0.2, 0.25) is 0 Å². The molecule has 1 amide bonds. The van der Waals surface area contributed by atoms with Gasteiger partial charge in [-0.05, 0) is 58.1 Å². The minimum Gasteiger partial charge on any atom is -0.375 e. The molecule has 1 aromatic heterocycles. The van der Waals surface area contributed by atoms with E-state index in [0.29, 0.717) is 24.7 Å². The molecule has 0 N–H and O–H groups in total. The molecular formula is C27H41N5O. The second-order valence-corrected chi connectivity index (χ2v) is 10.0. The van der Waals surface area contributed by atoms with Gasteiger partial charge in [0.15, 0.2) is 0 Å². The molecular weight excluding hydrogens is 410 g/mol. The molecule has 2 saturated heterocycles. The molecule has 1 unspecified atom stereocenters. The number of nitrogens with zero attached hydrogens (tertiary/aromatic N) is 5. The quantitative estimate of drug-likeness (QED) is 0.531. The lowest BCUT2D eigenvalue weighted by Gasteiger charge is -2.56. The fraction of sp³-hybridized carbons (Fsp3) is 0.630. The van der Waals surface area contributed by atoms with Gasteiger partial charge in [0.2, 0.25) is 5.91 Å². The van der Waals surface area contributed by atoms with Crippen LogP contribution in [0.15, 0.2) is 30.3 Å². The van der Waals surface area contributed by atoms with E-state index in [4.69, 9.17) is 4.98 Å². The van der Waals surface area contributed by atoms with Gasteiger partial charge in [0, 0.05) is 63.1 Å². The number of aryl methyl sites for hydroxylation is 1. The maximum atomic E-state index is 12.0. The Hall–Kier alpha value is -2.34. The van der Waals surface area contributed by atoms with Crippen molar-refractivity contribution in [1.82, 2.24) is 19.4 Å². The number of imidazole rings is 1. The SMILES string of the molecule is CCCN(Cc1nc(C)n(C2C[C@@H]3C[C@H](C2)N3CCCN(C)c2ccccc2)c1C)C(C)=O. The van der Waals surface area contributed by atoms with E-state index < -0.39 is 0 Å². The van der Waals surface area contributed by atoms with Crippen LogP contribution in [-0.4, -0.2) is 64.0 Å². The van der Waals surface area contributed by atoms with Gasteiger partial charge < -0.3 is 14.4 Å². The number of rotatable bonds is 10. The number of piperidine rings is 1. The monoisotopic (exact) mass is 451 g/mol. The highest BCUT2D eigenvalue weighted by Gasteiger charge is 2.45. The van der Waals surface area contributed by atoms with Crippen LogP contribution >= 0.6 is 0 Å². The van der Waals surface area contributed by atoms with Gasteiger partial charge in [0.05, 0.1) is 12.2 Å². The molecule has 0 spiro atoms. The summed E-state index contributed by atoms with van der Waals surface area (Å²) < 4.78 is 2.47. The number of hydrogen-bond donors (Lipinski definition) is 0. The van der Waals surface area contributed by atoms with Crippen molar-refractivity contribution in [2.24, 2.45) is 0 Å². The molecule has 1 saturated carbocycles. The maximum Gasteiger partial charge on any atom is 0.219 e.